The van der Waals surface area contributed by atoms with Crippen molar-refractivity contribution in [3.05, 3.63) is 34.2 Å². The maximum absolute atomic E-state index is 12.2. The molecule has 1 aliphatic heterocycles. The summed E-state index contributed by atoms with van der Waals surface area (Å²) in [5.41, 5.74) is 5.56. The molecule has 0 radical (unpaired) electrons. The van der Waals surface area contributed by atoms with Gasteiger partial charge in [-0.15, -0.1) is 11.3 Å². The van der Waals surface area contributed by atoms with Crippen LogP contribution in [0.15, 0.2) is 17.5 Å². The Balaban J connectivity index is 1.63. The number of amides is 1. The molecule has 2 aromatic rings. The van der Waals surface area contributed by atoms with Gasteiger partial charge in [0.15, 0.2) is 5.13 Å². The Morgan fingerprint density at radius 3 is 2.69 bits per heavy atom. The minimum Gasteiger partial charge on any atom is -0.481 e. The predicted octanol–water partition coefficient (Wildman–Crippen LogP) is 3.08. The van der Waals surface area contributed by atoms with Gasteiger partial charge >= 0.3 is 5.97 Å². The van der Waals surface area contributed by atoms with E-state index in [-0.39, 0.29) is 18.4 Å². The first kappa shape index (κ1) is 18.5. The molecule has 138 valence electrons. The van der Waals surface area contributed by atoms with E-state index in [9.17, 15) is 9.59 Å². The molecule has 7 heteroatoms. The number of aromatic nitrogens is 1. The van der Waals surface area contributed by atoms with Gasteiger partial charge in [-0.05, 0) is 56.5 Å². The highest BCUT2D eigenvalue weighted by atomic mass is 32.1. The molecule has 2 N–H and O–H groups in total. The molecule has 1 aromatic heterocycles. The summed E-state index contributed by atoms with van der Waals surface area (Å²) in [5, 5.41) is 14.4. The quantitative estimate of drug-likeness (QED) is 0.842. The van der Waals surface area contributed by atoms with Gasteiger partial charge in [0.05, 0.1) is 18.2 Å². The van der Waals surface area contributed by atoms with Crippen LogP contribution in [-0.2, 0) is 9.59 Å². The van der Waals surface area contributed by atoms with Crippen molar-refractivity contribution in [1.82, 2.24) is 9.88 Å². The third-order valence-electron chi connectivity index (χ3n) is 4.86. The number of rotatable bonds is 5. The molecule has 26 heavy (non-hydrogen) atoms. The Kier molecular flexibility index (Phi) is 5.38. The van der Waals surface area contributed by atoms with Crippen molar-refractivity contribution in [2.24, 2.45) is 5.92 Å². The molecule has 0 spiro atoms. The molecule has 1 atom stereocenters. The lowest BCUT2D eigenvalue weighted by atomic mass is 9.99. The van der Waals surface area contributed by atoms with Crippen molar-refractivity contribution in [3.63, 3.8) is 0 Å². The van der Waals surface area contributed by atoms with Crippen molar-refractivity contribution in [3.8, 4) is 11.3 Å². The first-order chi connectivity index (χ1) is 12.3. The zero-order valence-electron chi connectivity index (χ0n) is 15.2. The average molecular weight is 373 g/mol. The summed E-state index contributed by atoms with van der Waals surface area (Å²) in [6, 6.07) is 4.27. The van der Waals surface area contributed by atoms with Gasteiger partial charge in [-0.3, -0.25) is 14.5 Å². The number of nitrogens with one attached hydrogen (secondary N) is 1. The summed E-state index contributed by atoms with van der Waals surface area (Å²) < 4.78 is 0. The smallest absolute Gasteiger partial charge is 0.307 e. The topological polar surface area (TPSA) is 82.5 Å². The van der Waals surface area contributed by atoms with Gasteiger partial charge in [0, 0.05) is 17.5 Å². The summed E-state index contributed by atoms with van der Waals surface area (Å²) in [5.74, 6) is -1.32. The van der Waals surface area contributed by atoms with E-state index >= 15 is 0 Å². The number of carbonyl (C=O) groups is 2. The van der Waals surface area contributed by atoms with E-state index in [4.69, 9.17) is 5.11 Å². The average Bonchev–Trinajstić information content (AvgIpc) is 3.20. The molecule has 1 aromatic carbocycles. The first-order valence-electron chi connectivity index (χ1n) is 8.62. The van der Waals surface area contributed by atoms with Crippen molar-refractivity contribution in [2.75, 3.05) is 25.0 Å². The van der Waals surface area contributed by atoms with Crippen LogP contribution in [0.1, 0.15) is 23.1 Å². The number of nitrogens with zero attached hydrogens (tertiary/aromatic N) is 2. The maximum Gasteiger partial charge on any atom is 0.307 e. The maximum atomic E-state index is 12.2. The van der Waals surface area contributed by atoms with E-state index < -0.39 is 5.97 Å². The summed E-state index contributed by atoms with van der Waals surface area (Å²) >= 11 is 1.40. The van der Waals surface area contributed by atoms with Crippen LogP contribution in [0.3, 0.4) is 0 Å². The molecule has 1 fully saturated rings. The SMILES string of the molecule is Cc1cc(C)c(-c2csc(NC(=O)CN3CCC(C(=O)O)C3)n2)cc1C. The molecule has 6 nitrogen and oxygen atoms in total. The fraction of sp³-hybridized carbons (Fsp3) is 0.421. The van der Waals surface area contributed by atoms with Crippen LogP contribution in [0.2, 0.25) is 0 Å². The molecule has 0 saturated carbocycles. The third-order valence-corrected chi connectivity index (χ3v) is 5.61. The van der Waals surface area contributed by atoms with Crippen LogP contribution in [0, 0.1) is 26.7 Å². The highest BCUT2D eigenvalue weighted by molar-refractivity contribution is 7.14. The fourth-order valence-corrected chi connectivity index (χ4v) is 3.96. The number of carboxylic acids is 1. The lowest BCUT2D eigenvalue weighted by Crippen LogP contribution is -2.32. The fourth-order valence-electron chi connectivity index (χ4n) is 3.23. The molecular weight excluding hydrogens is 350 g/mol. The van der Waals surface area contributed by atoms with Crippen molar-refractivity contribution in [2.45, 2.75) is 27.2 Å². The van der Waals surface area contributed by atoms with Crippen LogP contribution in [0.4, 0.5) is 5.13 Å². The number of aryl methyl sites for hydroxylation is 3. The second-order valence-corrected chi connectivity index (χ2v) is 7.75. The van der Waals surface area contributed by atoms with Gasteiger partial charge in [-0.1, -0.05) is 6.07 Å². The molecule has 1 amide bonds. The molecule has 1 unspecified atom stereocenters. The molecule has 0 bridgehead atoms. The van der Waals surface area contributed by atoms with E-state index in [1.807, 2.05) is 10.3 Å². The van der Waals surface area contributed by atoms with Crippen LogP contribution in [0.25, 0.3) is 11.3 Å². The Hall–Kier alpha value is -2.25. The van der Waals surface area contributed by atoms with Crippen LogP contribution < -0.4 is 5.32 Å². The molecular formula is C19H23N3O3S. The van der Waals surface area contributed by atoms with E-state index in [2.05, 4.69) is 43.2 Å². The lowest BCUT2D eigenvalue weighted by molar-refractivity contribution is -0.141. The summed E-state index contributed by atoms with van der Waals surface area (Å²) in [7, 11) is 0. The third kappa shape index (κ3) is 4.11. The number of carboxylic acid groups (broad SMARTS) is 1. The van der Waals surface area contributed by atoms with Gasteiger partial charge in [0.1, 0.15) is 0 Å². The summed E-state index contributed by atoms with van der Waals surface area (Å²) in [6.45, 7) is 7.48. The van der Waals surface area contributed by atoms with Crippen LogP contribution in [-0.4, -0.2) is 46.5 Å². The highest BCUT2D eigenvalue weighted by Crippen LogP contribution is 2.29. The monoisotopic (exact) mass is 373 g/mol. The van der Waals surface area contributed by atoms with E-state index in [0.717, 1.165) is 16.8 Å². The van der Waals surface area contributed by atoms with Gasteiger partial charge in [0.2, 0.25) is 5.91 Å². The zero-order valence-corrected chi connectivity index (χ0v) is 16.0. The molecule has 0 aliphatic carbocycles. The Morgan fingerprint density at radius 2 is 2.00 bits per heavy atom. The number of hydrogen-bond acceptors (Lipinski definition) is 5. The van der Waals surface area contributed by atoms with Crippen molar-refractivity contribution >= 4 is 28.3 Å². The van der Waals surface area contributed by atoms with Gasteiger partial charge in [-0.2, -0.15) is 0 Å². The Morgan fingerprint density at radius 1 is 1.27 bits per heavy atom. The van der Waals surface area contributed by atoms with Gasteiger partial charge in [0.25, 0.3) is 0 Å². The second kappa shape index (κ2) is 7.55. The van der Waals surface area contributed by atoms with E-state index in [1.54, 1.807) is 0 Å². The molecule has 2 heterocycles. The van der Waals surface area contributed by atoms with E-state index in [0.29, 0.717) is 24.6 Å². The van der Waals surface area contributed by atoms with Gasteiger partial charge < -0.3 is 10.4 Å². The van der Waals surface area contributed by atoms with Crippen LogP contribution >= 0.6 is 11.3 Å². The number of aliphatic carboxylic acids is 1. The minimum absolute atomic E-state index is 0.159. The summed E-state index contributed by atoms with van der Waals surface area (Å²) in [4.78, 5) is 29.6. The highest BCUT2D eigenvalue weighted by Gasteiger charge is 2.29. The Labute approximate surface area is 156 Å². The first-order valence-corrected chi connectivity index (χ1v) is 9.50. The van der Waals surface area contributed by atoms with E-state index in [1.165, 1.54) is 22.5 Å². The lowest BCUT2D eigenvalue weighted by Gasteiger charge is -2.13. The second-order valence-electron chi connectivity index (χ2n) is 6.90. The largest absolute Gasteiger partial charge is 0.481 e. The number of hydrogen-bond donors (Lipinski definition) is 2. The Bertz CT molecular complexity index is 847. The molecule has 1 saturated heterocycles. The van der Waals surface area contributed by atoms with Crippen LogP contribution in [0.5, 0.6) is 0 Å². The molecule has 1 aliphatic rings. The summed E-state index contributed by atoms with van der Waals surface area (Å²) in [6.07, 6.45) is 0.593. The number of thiazole rings is 1. The standard InChI is InChI=1S/C19H23N3O3S/c1-11-6-13(3)15(7-12(11)2)16-10-26-19(20-16)21-17(23)9-22-5-4-14(8-22)18(24)25/h6-7,10,14H,4-5,8-9H2,1-3H3,(H,24,25)(H,20,21,23). The van der Waals surface area contributed by atoms with Gasteiger partial charge in [-0.25, -0.2) is 4.98 Å². The molecule has 3 rings (SSSR count). The minimum atomic E-state index is -0.791. The zero-order chi connectivity index (χ0) is 18.8. The van der Waals surface area contributed by atoms with Crippen molar-refractivity contribution in [1.29, 1.82) is 0 Å². The number of anilines is 1. The number of carbonyl (C=O) groups excluding carboxylic acids is 1. The van der Waals surface area contributed by atoms with Crippen molar-refractivity contribution < 1.29 is 14.7 Å². The predicted molar refractivity (Wildman–Crippen MR) is 103 cm³/mol. The number of likely N-dealkylation sites (tertiary alicyclic amines) is 1. The number of benzene rings is 1. The normalized spacial score (nSPS) is 17.4.